The molecule has 1 aromatic carbocycles. The number of benzene rings is 1. The summed E-state index contributed by atoms with van der Waals surface area (Å²) in [6, 6.07) is 5.48. The Morgan fingerprint density at radius 2 is 2.11 bits per heavy atom. The van der Waals surface area contributed by atoms with Gasteiger partial charge in [-0.2, -0.15) is 0 Å². The summed E-state index contributed by atoms with van der Waals surface area (Å²) in [5.41, 5.74) is 1.49. The summed E-state index contributed by atoms with van der Waals surface area (Å²) in [5.74, 6) is 0.186. The van der Waals surface area contributed by atoms with Crippen LogP contribution in [0.2, 0.25) is 0 Å². The number of aryl methyl sites for hydroxylation is 1. The highest BCUT2D eigenvalue weighted by Gasteiger charge is 2.10. The van der Waals surface area contributed by atoms with Crippen LogP contribution in [0.1, 0.15) is 5.56 Å². The Morgan fingerprint density at radius 1 is 1.22 bits per heavy atom. The van der Waals surface area contributed by atoms with Gasteiger partial charge in [-0.25, -0.2) is 14.8 Å². The van der Waals surface area contributed by atoms with Crippen LogP contribution in [0.4, 0.5) is 0 Å². The van der Waals surface area contributed by atoms with Crippen molar-refractivity contribution < 1.29 is 4.42 Å². The van der Waals surface area contributed by atoms with Crippen molar-refractivity contribution in [3.8, 4) is 11.6 Å². The zero-order chi connectivity index (χ0) is 12.5. The number of hydrogen-bond acceptors (Lipinski definition) is 5. The lowest BCUT2D eigenvalue weighted by Gasteiger charge is -2.02. The molecule has 3 aromatic rings. The van der Waals surface area contributed by atoms with E-state index in [1.54, 1.807) is 12.3 Å². The SMILES string of the molecule is Cc1cccc2nc(-c3cnccn3)oc(=O)c12. The van der Waals surface area contributed by atoms with Crippen molar-refractivity contribution in [2.45, 2.75) is 6.92 Å². The molecule has 0 aliphatic carbocycles. The fraction of sp³-hybridized carbons (Fsp3) is 0.0769. The van der Waals surface area contributed by atoms with Gasteiger partial charge in [0.05, 0.1) is 17.1 Å². The third kappa shape index (κ3) is 1.66. The van der Waals surface area contributed by atoms with E-state index in [4.69, 9.17) is 4.42 Å². The van der Waals surface area contributed by atoms with Crippen LogP contribution >= 0.6 is 0 Å². The Kier molecular flexibility index (Phi) is 2.37. The molecule has 5 heteroatoms. The molecule has 5 nitrogen and oxygen atoms in total. The lowest BCUT2D eigenvalue weighted by atomic mass is 10.1. The molecule has 0 spiro atoms. The Balaban J connectivity index is 2.33. The van der Waals surface area contributed by atoms with Crippen LogP contribution in [0, 0.1) is 6.92 Å². The Labute approximate surface area is 102 Å². The van der Waals surface area contributed by atoms with Gasteiger partial charge in [0.15, 0.2) is 0 Å². The molecule has 0 N–H and O–H groups in total. The van der Waals surface area contributed by atoms with Gasteiger partial charge in [-0.1, -0.05) is 12.1 Å². The van der Waals surface area contributed by atoms with Crippen molar-refractivity contribution in [1.82, 2.24) is 15.0 Å². The fourth-order valence-corrected chi connectivity index (χ4v) is 1.80. The third-order valence-electron chi connectivity index (χ3n) is 2.65. The number of fused-ring (bicyclic) bond motifs is 1. The van der Waals surface area contributed by atoms with Crippen molar-refractivity contribution in [2.75, 3.05) is 0 Å². The molecule has 18 heavy (non-hydrogen) atoms. The second-order valence-electron chi connectivity index (χ2n) is 3.87. The molecule has 0 saturated carbocycles. The van der Waals surface area contributed by atoms with E-state index in [-0.39, 0.29) is 5.89 Å². The van der Waals surface area contributed by atoms with E-state index in [1.165, 1.54) is 12.4 Å². The van der Waals surface area contributed by atoms with Crippen LogP contribution in [0.25, 0.3) is 22.5 Å². The molecular weight excluding hydrogens is 230 g/mol. The van der Waals surface area contributed by atoms with Gasteiger partial charge < -0.3 is 4.42 Å². The summed E-state index contributed by atoms with van der Waals surface area (Å²) < 4.78 is 5.19. The standard InChI is InChI=1S/C13H9N3O2/c1-8-3-2-4-9-11(8)13(17)18-12(16-9)10-7-14-5-6-15-10/h2-7H,1H3. The number of nitrogens with zero attached hydrogens (tertiary/aromatic N) is 3. The smallest absolute Gasteiger partial charge is 0.347 e. The van der Waals surface area contributed by atoms with Crippen LogP contribution in [0.3, 0.4) is 0 Å². The molecule has 0 radical (unpaired) electrons. The van der Waals surface area contributed by atoms with Gasteiger partial charge in [-0.05, 0) is 18.6 Å². The maximum Gasteiger partial charge on any atom is 0.347 e. The molecule has 0 atom stereocenters. The number of hydrogen-bond donors (Lipinski definition) is 0. The summed E-state index contributed by atoms with van der Waals surface area (Å²) in [6.45, 7) is 1.85. The molecule has 0 aliphatic rings. The number of aromatic nitrogens is 3. The topological polar surface area (TPSA) is 68.9 Å². The number of rotatable bonds is 1. The first-order valence-corrected chi connectivity index (χ1v) is 5.42. The Hall–Kier alpha value is -2.56. The van der Waals surface area contributed by atoms with E-state index in [0.717, 1.165) is 5.56 Å². The summed E-state index contributed by atoms with van der Waals surface area (Å²) in [4.78, 5) is 24.2. The van der Waals surface area contributed by atoms with Crippen LogP contribution < -0.4 is 5.63 Å². The molecule has 88 valence electrons. The van der Waals surface area contributed by atoms with Gasteiger partial charge in [-0.3, -0.25) is 4.98 Å². The van der Waals surface area contributed by atoms with Crippen LogP contribution in [0.15, 0.2) is 46.0 Å². The fourth-order valence-electron chi connectivity index (χ4n) is 1.80. The highest BCUT2D eigenvalue weighted by atomic mass is 16.4. The van der Waals surface area contributed by atoms with Gasteiger partial charge in [0.1, 0.15) is 5.69 Å². The van der Waals surface area contributed by atoms with Crippen LogP contribution in [0.5, 0.6) is 0 Å². The van der Waals surface area contributed by atoms with Gasteiger partial charge in [0.25, 0.3) is 5.89 Å². The molecular formula is C13H9N3O2. The predicted octanol–water partition coefficient (Wildman–Crippen LogP) is 1.95. The van der Waals surface area contributed by atoms with E-state index in [0.29, 0.717) is 16.6 Å². The molecule has 0 unspecified atom stereocenters. The van der Waals surface area contributed by atoms with Crippen molar-refractivity contribution in [3.05, 3.63) is 52.8 Å². The molecule has 0 fully saturated rings. The first-order chi connectivity index (χ1) is 8.75. The van der Waals surface area contributed by atoms with Crippen LogP contribution in [-0.4, -0.2) is 15.0 Å². The van der Waals surface area contributed by atoms with Crippen molar-refractivity contribution in [3.63, 3.8) is 0 Å². The maximum atomic E-state index is 11.9. The Bertz CT molecular complexity index is 766. The second-order valence-corrected chi connectivity index (χ2v) is 3.87. The van der Waals surface area contributed by atoms with E-state index in [9.17, 15) is 4.79 Å². The lowest BCUT2D eigenvalue weighted by Crippen LogP contribution is -2.05. The monoisotopic (exact) mass is 239 g/mol. The molecule has 2 aromatic heterocycles. The summed E-state index contributed by atoms with van der Waals surface area (Å²) in [7, 11) is 0. The highest BCUT2D eigenvalue weighted by molar-refractivity contribution is 5.81. The van der Waals surface area contributed by atoms with Gasteiger partial charge >= 0.3 is 5.63 Å². The van der Waals surface area contributed by atoms with Gasteiger partial charge in [0, 0.05) is 12.4 Å². The molecule has 0 saturated heterocycles. The third-order valence-corrected chi connectivity index (χ3v) is 2.65. The van der Waals surface area contributed by atoms with Gasteiger partial charge in [-0.15, -0.1) is 0 Å². The normalized spacial score (nSPS) is 10.7. The van der Waals surface area contributed by atoms with Crippen molar-refractivity contribution >= 4 is 10.9 Å². The molecule has 0 bridgehead atoms. The van der Waals surface area contributed by atoms with E-state index in [1.807, 2.05) is 19.1 Å². The van der Waals surface area contributed by atoms with Gasteiger partial charge in [0.2, 0.25) is 0 Å². The molecule has 2 heterocycles. The minimum Gasteiger partial charge on any atom is -0.401 e. The van der Waals surface area contributed by atoms with Crippen molar-refractivity contribution in [1.29, 1.82) is 0 Å². The summed E-state index contributed by atoms with van der Waals surface area (Å²) >= 11 is 0. The van der Waals surface area contributed by atoms with E-state index < -0.39 is 5.63 Å². The average Bonchev–Trinajstić information content (AvgIpc) is 2.39. The van der Waals surface area contributed by atoms with Crippen LogP contribution in [-0.2, 0) is 0 Å². The lowest BCUT2D eigenvalue weighted by molar-refractivity contribution is 0.515. The Morgan fingerprint density at radius 3 is 2.89 bits per heavy atom. The summed E-state index contributed by atoms with van der Waals surface area (Å²) in [5, 5.41) is 0.505. The second kappa shape index (κ2) is 4.03. The van der Waals surface area contributed by atoms with E-state index >= 15 is 0 Å². The zero-order valence-electron chi connectivity index (χ0n) is 9.62. The molecule has 0 amide bonds. The van der Waals surface area contributed by atoms with E-state index in [2.05, 4.69) is 15.0 Å². The summed E-state index contributed by atoms with van der Waals surface area (Å²) in [6.07, 6.45) is 4.58. The quantitative estimate of drug-likeness (QED) is 0.649. The zero-order valence-corrected chi connectivity index (χ0v) is 9.62. The van der Waals surface area contributed by atoms with Crippen molar-refractivity contribution in [2.24, 2.45) is 0 Å². The molecule has 0 aliphatic heterocycles. The average molecular weight is 239 g/mol. The predicted molar refractivity (Wildman–Crippen MR) is 66.0 cm³/mol. The first kappa shape index (κ1) is 10.6. The largest absolute Gasteiger partial charge is 0.401 e. The molecule has 3 rings (SSSR count). The highest BCUT2D eigenvalue weighted by Crippen LogP contribution is 2.17. The minimum absolute atomic E-state index is 0.186. The maximum absolute atomic E-state index is 11.9. The minimum atomic E-state index is -0.404. The first-order valence-electron chi connectivity index (χ1n) is 5.42.